The van der Waals surface area contributed by atoms with Crippen LogP contribution in [0, 0.1) is 10.5 Å². The monoisotopic (exact) mass is 385 g/mol. The second-order valence-electron chi connectivity index (χ2n) is 5.57. The van der Waals surface area contributed by atoms with Crippen molar-refractivity contribution >= 4 is 45.9 Å². The maximum atomic E-state index is 12.4. The maximum Gasteiger partial charge on any atom is 0.419 e. The van der Waals surface area contributed by atoms with Gasteiger partial charge in [0.05, 0.1) is 5.52 Å². The van der Waals surface area contributed by atoms with Crippen LogP contribution in [0.15, 0.2) is 18.2 Å². The lowest BCUT2D eigenvalue weighted by atomic mass is 10.1. The summed E-state index contributed by atoms with van der Waals surface area (Å²) < 4.78 is 7.82. The van der Waals surface area contributed by atoms with Crippen LogP contribution in [-0.4, -0.2) is 22.5 Å². The highest BCUT2D eigenvalue weighted by Crippen LogP contribution is 2.29. The molecule has 4 nitrogen and oxygen atoms in total. The molecule has 2 aromatic rings. The van der Waals surface area contributed by atoms with E-state index in [1.165, 1.54) is 4.57 Å². The van der Waals surface area contributed by atoms with Crippen LogP contribution >= 0.6 is 22.6 Å². The number of carbonyl (C=O) groups is 2. The number of ether oxygens (including phenoxy) is 1. The van der Waals surface area contributed by atoms with Gasteiger partial charge in [0.2, 0.25) is 0 Å². The molecule has 0 aliphatic carbocycles. The predicted molar refractivity (Wildman–Crippen MR) is 86.4 cm³/mol. The van der Waals surface area contributed by atoms with E-state index in [4.69, 9.17) is 4.74 Å². The number of halogens is 1. The number of fused-ring (bicyclic) bond motifs is 1. The summed E-state index contributed by atoms with van der Waals surface area (Å²) in [5, 5.41) is 0.798. The second kappa shape index (κ2) is 5.20. The van der Waals surface area contributed by atoms with Crippen molar-refractivity contribution < 1.29 is 14.3 Å². The summed E-state index contributed by atoms with van der Waals surface area (Å²) in [6.45, 7) is 7.20. The zero-order valence-electron chi connectivity index (χ0n) is 11.9. The molecule has 0 radical (unpaired) electrons. The Kier molecular flexibility index (Phi) is 3.90. The van der Waals surface area contributed by atoms with Crippen LogP contribution < -0.4 is 0 Å². The van der Waals surface area contributed by atoms with Crippen molar-refractivity contribution in [1.82, 2.24) is 4.57 Å². The molecule has 0 spiro atoms. The lowest BCUT2D eigenvalue weighted by molar-refractivity contribution is 0.0541. The van der Waals surface area contributed by atoms with Gasteiger partial charge >= 0.3 is 6.09 Å². The Bertz CT molecular complexity index is 695. The zero-order chi connectivity index (χ0) is 15.1. The van der Waals surface area contributed by atoms with Crippen molar-refractivity contribution in [2.45, 2.75) is 33.3 Å². The fraction of sp³-hybridized carbons (Fsp3) is 0.333. The average Bonchev–Trinajstić information content (AvgIpc) is 2.60. The molecule has 5 heteroatoms. The fourth-order valence-corrected chi connectivity index (χ4v) is 2.91. The molecule has 0 aliphatic heterocycles. The third-order valence-corrected chi connectivity index (χ3v) is 3.82. The normalized spacial score (nSPS) is 11.7. The first kappa shape index (κ1) is 15.0. The lowest BCUT2D eigenvalue weighted by Crippen LogP contribution is -2.27. The molecule has 20 heavy (non-hydrogen) atoms. The van der Waals surface area contributed by atoms with Crippen molar-refractivity contribution in [3.63, 3.8) is 0 Å². The molecule has 2 rings (SSSR count). The molecular weight excluding hydrogens is 369 g/mol. The van der Waals surface area contributed by atoms with Gasteiger partial charge in [-0.3, -0.25) is 4.79 Å². The van der Waals surface area contributed by atoms with Gasteiger partial charge in [-0.05, 0) is 62.4 Å². The number of hydrogen-bond acceptors (Lipinski definition) is 3. The molecule has 1 aromatic heterocycles. The van der Waals surface area contributed by atoms with Gasteiger partial charge in [0, 0.05) is 20.2 Å². The second-order valence-corrected chi connectivity index (χ2v) is 6.73. The van der Waals surface area contributed by atoms with E-state index in [2.05, 4.69) is 22.6 Å². The molecule has 1 heterocycles. The van der Waals surface area contributed by atoms with Crippen molar-refractivity contribution in [3.05, 3.63) is 33.0 Å². The Labute approximate surface area is 131 Å². The molecule has 0 saturated carbocycles. The fourth-order valence-electron chi connectivity index (χ4n) is 2.13. The Morgan fingerprint density at radius 1 is 1.35 bits per heavy atom. The standard InChI is InChI=1S/C15H16INO3/c1-9-10(8-18)13-11(16)6-5-7-12(13)17(9)14(19)20-15(2,3)4/h5-8H,1-4H3. The molecule has 106 valence electrons. The first-order valence-corrected chi connectivity index (χ1v) is 7.32. The van der Waals surface area contributed by atoms with Crippen LogP contribution in [0.25, 0.3) is 10.9 Å². The maximum absolute atomic E-state index is 12.4. The first-order valence-electron chi connectivity index (χ1n) is 6.24. The van der Waals surface area contributed by atoms with E-state index in [0.717, 1.165) is 15.2 Å². The predicted octanol–water partition coefficient (Wildman–Crippen LogP) is 4.15. The molecule has 0 amide bonds. The van der Waals surface area contributed by atoms with Gasteiger partial charge in [-0.2, -0.15) is 0 Å². The van der Waals surface area contributed by atoms with Gasteiger partial charge in [0.15, 0.2) is 6.29 Å². The highest BCUT2D eigenvalue weighted by Gasteiger charge is 2.24. The van der Waals surface area contributed by atoms with Crippen LogP contribution in [0.1, 0.15) is 36.8 Å². The Hall–Kier alpha value is -1.37. The van der Waals surface area contributed by atoms with Crippen LogP contribution in [0.5, 0.6) is 0 Å². The molecule has 0 unspecified atom stereocenters. The smallest absolute Gasteiger partial charge is 0.419 e. The van der Waals surface area contributed by atoms with Crippen LogP contribution in [-0.2, 0) is 4.74 Å². The summed E-state index contributed by atoms with van der Waals surface area (Å²) in [5.74, 6) is 0. The average molecular weight is 385 g/mol. The van der Waals surface area contributed by atoms with E-state index in [-0.39, 0.29) is 0 Å². The van der Waals surface area contributed by atoms with E-state index in [1.807, 2.05) is 39.0 Å². The molecule has 1 aromatic carbocycles. The number of aldehydes is 1. The minimum absolute atomic E-state index is 0.463. The van der Waals surface area contributed by atoms with Gasteiger partial charge in [-0.1, -0.05) is 6.07 Å². The van der Waals surface area contributed by atoms with Crippen molar-refractivity contribution in [2.24, 2.45) is 0 Å². The van der Waals surface area contributed by atoms with Crippen molar-refractivity contribution in [2.75, 3.05) is 0 Å². The molecule has 0 aliphatic rings. The van der Waals surface area contributed by atoms with E-state index in [0.29, 0.717) is 16.8 Å². The highest BCUT2D eigenvalue weighted by molar-refractivity contribution is 14.1. The summed E-state index contributed by atoms with van der Waals surface area (Å²) in [6, 6.07) is 5.59. The summed E-state index contributed by atoms with van der Waals surface area (Å²) in [4.78, 5) is 23.7. The summed E-state index contributed by atoms with van der Waals surface area (Å²) in [6.07, 6.45) is 0.329. The number of hydrogen-bond donors (Lipinski definition) is 0. The Morgan fingerprint density at radius 3 is 2.55 bits per heavy atom. The highest BCUT2D eigenvalue weighted by atomic mass is 127. The van der Waals surface area contributed by atoms with E-state index in [9.17, 15) is 9.59 Å². The number of aromatic nitrogens is 1. The minimum Gasteiger partial charge on any atom is -0.443 e. The largest absolute Gasteiger partial charge is 0.443 e. The third-order valence-electron chi connectivity index (χ3n) is 2.92. The van der Waals surface area contributed by atoms with Gasteiger partial charge in [0.25, 0.3) is 0 Å². The van der Waals surface area contributed by atoms with Crippen LogP contribution in [0.4, 0.5) is 4.79 Å². The van der Waals surface area contributed by atoms with Crippen molar-refractivity contribution in [1.29, 1.82) is 0 Å². The third kappa shape index (κ3) is 2.59. The van der Waals surface area contributed by atoms with Gasteiger partial charge in [-0.25, -0.2) is 9.36 Å². The molecular formula is C15H16INO3. The number of rotatable bonds is 1. The lowest BCUT2D eigenvalue weighted by Gasteiger charge is -2.20. The van der Waals surface area contributed by atoms with E-state index >= 15 is 0 Å². The quantitative estimate of drug-likeness (QED) is 0.548. The van der Waals surface area contributed by atoms with Gasteiger partial charge in [-0.15, -0.1) is 0 Å². The van der Waals surface area contributed by atoms with Gasteiger partial charge in [0.1, 0.15) is 5.60 Å². The first-order chi connectivity index (χ1) is 9.26. The summed E-state index contributed by atoms with van der Waals surface area (Å²) >= 11 is 2.16. The van der Waals surface area contributed by atoms with E-state index < -0.39 is 11.7 Å². The van der Waals surface area contributed by atoms with Crippen LogP contribution in [0.2, 0.25) is 0 Å². The number of nitrogens with zero attached hydrogens (tertiary/aromatic N) is 1. The zero-order valence-corrected chi connectivity index (χ0v) is 14.0. The number of carbonyl (C=O) groups excluding carboxylic acids is 2. The SMILES string of the molecule is Cc1c(C=O)c2c(I)cccc2n1C(=O)OC(C)(C)C. The van der Waals surface area contributed by atoms with E-state index in [1.54, 1.807) is 6.92 Å². The Morgan fingerprint density at radius 2 is 2.00 bits per heavy atom. The molecule has 0 N–H and O–H groups in total. The molecule has 0 bridgehead atoms. The summed E-state index contributed by atoms with van der Waals surface area (Å²) in [5.41, 5.74) is 1.26. The summed E-state index contributed by atoms with van der Waals surface area (Å²) in [7, 11) is 0. The molecule has 0 fully saturated rings. The van der Waals surface area contributed by atoms with Gasteiger partial charge < -0.3 is 4.74 Å². The molecule has 0 atom stereocenters. The topological polar surface area (TPSA) is 48.3 Å². The Balaban J connectivity index is 2.71. The van der Waals surface area contributed by atoms with Crippen LogP contribution in [0.3, 0.4) is 0 Å². The molecule has 0 saturated heterocycles. The minimum atomic E-state index is -0.580. The van der Waals surface area contributed by atoms with Crippen molar-refractivity contribution in [3.8, 4) is 0 Å². The number of benzene rings is 1.